The first-order valence-corrected chi connectivity index (χ1v) is 7.07. The lowest BCUT2D eigenvalue weighted by Crippen LogP contribution is -2.59. The van der Waals surface area contributed by atoms with Crippen molar-refractivity contribution in [3.8, 4) is 5.88 Å². The van der Waals surface area contributed by atoms with E-state index in [9.17, 15) is 4.79 Å². The Morgan fingerprint density at radius 1 is 1.45 bits per heavy atom. The molecule has 0 aromatic carbocycles. The molecule has 0 bridgehead atoms. The van der Waals surface area contributed by atoms with Crippen LogP contribution in [0, 0.1) is 5.41 Å². The Morgan fingerprint density at radius 2 is 2.20 bits per heavy atom. The molecule has 0 atom stereocenters. The fourth-order valence-electron chi connectivity index (χ4n) is 3.19. The van der Waals surface area contributed by atoms with Crippen LogP contribution >= 0.6 is 0 Å². The third-order valence-corrected chi connectivity index (χ3v) is 4.45. The van der Waals surface area contributed by atoms with Gasteiger partial charge in [-0.05, 0) is 32.0 Å². The molecule has 0 saturated carbocycles. The maximum absolute atomic E-state index is 12.2. The molecule has 6 nitrogen and oxygen atoms in total. The first-order valence-electron chi connectivity index (χ1n) is 7.07. The highest BCUT2D eigenvalue weighted by molar-refractivity contribution is 5.92. The predicted molar refractivity (Wildman–Crippen MR) is 72.7 cm³/mol. The number of aromatic nitrogens is 1. The number of carbonyl (C=O) groups is 1. The van der Waals surface area contributed by atoms with Crippen LogP contribution in [-0.4, -0.2) is 60.2 Å². The Labute approximate surface area is 118 Å². The summed E-state index contributed by atoms with van der Waals surface area (Å²) in [6.45, 7) is 8.31. The van der Waals surface area contributed by atoms with Crippen molar-refractivity contribution in [1.82, 2.24) is 15.0 Å². The number of ether oxygens (including phenoxy) is 1. The molecule has 2 aliphatic heterocycles. The zero-order chi connectivity index (χ0) is 14.3. The molecule has 0 radical (unpaired) electrons. The van der Waals surface area contributed by atoms with Gasteiger partial charge >= 0.3 is 0 Å². The normalized spacial score (nSPS) is 21.5. The van der Waals surface area contributed by atoms with Gasteiger partial charge in [0.2, 0.25) is 5.76 Å². The van der Waals surface area contributed by atoms with E-state index in [-0.39, 0.29) is 11.7 Å². The quantitative estimate of drug-likeness (QED) is 0.833. The van der Waals surface area contributed by atoms with E-state index in [1.165, 1.54) is 13.5 Å². The average molecular weight is 279 g/mol. The van der Waals surface area contributed by atoms with Gasteiger partial charge in [0, 0.05) is 31.1 Å². The standard InChI is InChI=1S/C14H21N3O3/c1-10(2)16-5-4-14(7-16)8-17(9-14)13(18)11-6-12(19-3)15-20-11/h6,10H,4-5,7-9H2,1-3H3. The Kier molecular flexibility index (Phi) is 3.20. The first kappa shape index (κ1) is 13.4. The second-order valence-corrected chi connectivity index (χ2v) is 6.21. The van der Waals surface area contributed by atoms with Crippen molar-refractivity contribution >= 4 is 5.91 Å². The summed E-state index contributed by atoms with van der Waals surface area (Å²) in [7, 11) is 1.50. The molecule has 2 aliphatic rings. The number of hydrogen-bond acceptors (Lipinski definition) is 5. The fourth-order valence-corrected chi connectivity index (χ4v) is 3.19. The number of amides is 1. The van der Waals surface area contributed by atoms with E-state index in [0.29, 0.717) is 17.3 Å². The fraction of sp³-hybridized carbons (Fsp3) is 0.714. The van der Waals surface area contributed by atoms with Crippen LogP contribution in [0.1, 0.15) is 30.8 Å². The van der Waals surface area contributed by atoms with Gasteiger partial charge in [-0.15, -0.1) is 0 Å². The predicted octanol–water partition coefficient (Wildman–Crippen LogP) is 1.24. The summed E-state index contributed by atoms with van der Waals surface area (Å²) < 4.78 is 9.94. The molecule has 2 fully saturated rings. The maximum Gasteiger partial charge on any atom is 0.292 e. The van der Waals surface area contributed by atoms with E-state index in [2.05, 4.69) is 23.9 Å². The summed E-state index contributed by atoms with van der Waals surface area (Å²) in [4.78, 5) is 16.6. The Morgan fingerprint density at radius 3 is 2.75 bits per heavy atom. The van der Waals surface area contributed by atoms with Crippen molar-refractivity contribution in [3.05, 3.63) is 11.8 Å². The van der Waals surface area contributed by atoms with Gasteiger partial charge < -0.3 is 19.1 Å². The molecule has 1 aromatic heterocycles. The van der Waals surface area contributed by atoms with Gasteiger partial charge in [-0.25, -0.2) is 0 Å². The number of rotatable bonds is 3. The largest absolute Gasteiger partial charge is 0.479 e. The van der Waals surface area contributed by atoms with E-state index < -0.39 is 0 Å². The topological polar surface area (TPSA) is 58.8 Å². The molecular weight excluding hydrogens is 258 g/mol. The van der Waals surface area contributed by atoms with Gasteiger partial charge in [-0.2, -0.15) is 0 Å². The van der Waals surface area contributed by atoms with Crippen molar-refractivity contribution in [2.75, 3.05) is 33.3 Å². The van der Waals surface area contributed by atoms with Crippen molar-refractivity contribution in [3.63, 3.8) is 0 Å². The van der Waals surface area contributed by atoms with Gasteiger partial charge in [0.05, 0.1) is 13.2 Å². The maximum atomic E-state index is 12.2. The molecule has 3 heterocycles. The van der Waals surface area contributed by atoms with Crippen LogP contribution in [0.5, 0.6) is 5.88 Å². The molecule has 6 heteroatoms. The number of likely N-dealkylation sites (tertiary alicyclic amines) is 2. The summed E-state index contributed by atoms with van der Waals surface area (Å²) in [5, 5.41) is 3.67. The van der Waals surface area contributed by atoms with Crippen molar-refractivity contribution in [2.24, 2.45) is 5.41 Å². The lowest BCUT2D eigenvalue weighted by Gasteiger charge is -2.47. The van der Waals surface area contributed by atoms with Crippen LogP contribution < -0.4 is 4.74 Å². The van der Waals surface area contributed by atoms with Crippen LogP contribution in [0.25, 0.3) is 0 Å². The third kappa shape index (κ3) is 2.18. The Balaban J connectivity index is 1.59. The van der Waals surface area contributed by atoms with E-state index >= 15 is 0 Å². The molecule has 1 spiro atoms. The summed E-state index contributed by atoms with van der Waals surface area (Å²) in [6, 6.07) is 2.13. The average Bonchev–Trinajstić information content (AvgIpc) is 3.03. The summed E-state index contributed by atoms with van der Waals surface area (Å²) in [5.74, 6) is 0.514. The second kappa shape index (κ2) is 4.77. The molecule has 1 amide bonds. The molecule has 1 aromatic rings. The van der Waals surface area contributed by atoms with Crippen LogP contribution in [0.2, 0.25) is 0 Å². The monoisotopic (exact) mass is 279 g/mol. The molecule has 3 rings (SSSR count). The smallest absolute Gasteiger partial charge is 0.292 e. The molecule has 110 valence electrons. The molecule has 0 N–H and O–H groups in total. The van der Waals surface area contributed by atoms with E-state index in [1.54, 1.807) is 6.07 Å². The highest BCUT2D eigenvalue weighted by atomic mass is 16.5. The van der Waals surface area contributed by atoms with Crippen molar-refractivity contribution in [1.29, 1.82) is 0 Å². The highest BCUT2D eigenvalue weighted by Gasteiger charge is 2.50. The van der Waals surface area contributed by atoms with Crippen LogP contribution in [0.15, 0.2) is 10.6 Å². The van der Waals surface area contributed by atoms with Crippen molar-refractivity contribution < 1.29 is 14.1 Å². The summed E-state index contributed by atoms with van der Waals surface area (Å²) >= 11 is 0. The highest BCUT2D eigenvalue weighted by Crippen LogP contribution is 2.40. The lowest BCUT2D eigenvalue weighted by molar-refractivity contribution is 0.00641. The SMILES string of the molecule is COc1cc(C(=O)N2CC3(CCN(C(C)C)C3)C2)on1. The van der Waals surface area contributed by atoms with Gasteiger partial charge in [0.15, 0.2) is 0 Å². The van der Waals surface area contributed by atoms with Gasteiger partial charge in [0.1, 0.15) is 0 Å². The molecule has 2 saturated heterocycles. The molecular formula is C14H21N3O3. The Bertz CT molecular complexity index is 506. The molecule has 0 aliphatic carbocycles. The van der Waals surface area contributed by atoms with Gasteiger partial charge in [-0.1, -0.05) is 0 Å². The third-order valence-electron chi connectivity index (χ3n) is 4.45. The van der Waals surface area contributed by atoms with Crippen LogP contribution in [-0.2, 0) is 0 Å². The zero-order valence-electron chi connectivity index (χ0n) is 12.3. The minimum absolute atomic E-state index is 0.0885. The van der Waals surface area contributed by atoms with E-state index in [1.807, 2.05) is 4.90 Å². The Hall–Kier alpha value is -1.56. The lowest BCUT2D eigenvalue weighted by atomic mass is 9.79. The van der Waals surface area contributed by atoms with Gasteiger partial charge in [-0.3, -0.25) is 4.79 Å². The summed E-state index contributed by atoms with van der Waals surface area (Å²) in [6.07, 6.45) is 1.18. The van der Waals surface area contributed by atoms with E-state index in [0.717, 1.165) is 26.2 Å². The minimum atomic E-state index is -0.0885. The number of methoxy groups -OCH3 is 1. The molecule has 20 heavy (non-hydrogen) atoms. The zero-order valence-corrected chi connectivity index (χ0v) is 12.3. The van der Waals surface area contributed by atoms with Crippen LogP contribution in [0.3, 0.4) is 0 Å². The van der Waals surface area contributed by atoms with Gasteiger partial charge in [0.25, 0.3) is 11.8 Å². The van der Waals surface area contributed by atoms with Crippen molar-refractivity contribution in [2.45, 2.75) is 26.3 Å². The first-order chi connectivity index (χ1) is 9.53. The van der Waals surface area contributed by atoms with E-state index in [4.69, 9.17) is 9.26 Å². The van der Waals surface area contributed by atoms with Crippen LogP contribution in [0.4, 0.5) is 0 Å². The second-order valence-electron chi connectivity index (χ2n) is 6.21. The number of nitrogens with zero attached hydrogens (tertiary/aromatic N) is 3. The summed E-state index contributed by atoms with van der Waals surface area (Å²) in [5.41, 5.74) is 0.296. The number of hydrogen-bond donors (Lipinski definition) is 0. The minimum Gasteiger partial charge on any atom is -0.479 e. The molecule has 0 unspecified atom stereocenters. The number of carbonyl (C=O) groups excluding carboxylic acids is 1.